The van der Waals surface area contributed by atoms with E-state index in [0.717, 1.165) is 26.8 Å². The molecule has 0 amide bonds. The number of fused-ring (bicyclic) bond motifs is 1. The van der Waals surface area contributed by atoms with Crippen molar-refractivity contribution < 1.29 is 9.50 Å². The van der Waals surface area contributed by atoms with Gasteiger partial charge in [-0.05, 0) is 84.7 Å². The Labute approximate surface area is 188 Å². The molecule has 0 saturated carbocycles. The minimum atomic E-state index is -0.362. The summed E-state index contributed by atoms with van der Waals surface area (Å²) in [4.78, 5) is 9.86. The fourth-order valence-corrected chi connectivity index (χ4v) is 3.80. The molecule has 0 fully saturated rings. The Bertz CT molecular complexity index is 1210. The molecule has 0 unspecified atom stereocenters. The minimum absolute atomic E-state index is 0.0304. The molecule has 1 heterocycles. The summed E-state index contributed by atoms with van der Waals surface area (Å²) in [6, 6.07) is 20.4. The molecule has 1 aromatic heterocycles. The first-order valence-electron chi connectivity index (χ1n) is 9.49. The molecule has 2 N–H and O–H groups in total. The lowest BCUT2D eigenvalue weighted by Crippen LogP contribution is -2.10. The number of aromatic amines is 1. The lowest BCUT2D eigenvalue weighted by Gasteiger charge is -2.10. The fraction of sp³-hybridized carbons (Fsp3) is 0.125. The zero-order chi connectivity index (χ0) is 21.3. The van der Waals surface area contributed by atoms with Crippen molar-refractivity contribution in [2.24, 2.45) is 4.99 Å². The van der Waals surface area contributed by atoms with Crippen molar-refractivity contribution in [3.63, 3.8) is 0 Å². The smallest absolute Gasteiger partial charge is 0.199 e. The first-order chi connectivity index (χ1) is 14.4. The number of hydrogen-bond donors (Lipinski definition) is 2. The summed E-state index contributed by atoms with van der Waals surface area (Å²) in [7, 11) is 4.06. The summed E-state index contributed by atoms with van der Waals surface area (Å²) in [5, 5.41) is 11.4. The number of hydrogen-bond acceptors (Lipinski definition) is 3. The monoisotopic (exact) mass is 513 g/mol. The van der Waals surface area contributed by atoms with E-state index < -0.39 is 0 Å². The Hall–Kier alpha value is -2.71. The summed E-state index contributed by atoms with van der Waals surface area (Å²) in [5.41, 5.74) is 4.56. The molecule has 0 radical (unpaired) electrons. The number of nitrogens with zero attached hydrogens (tertiary/aromatic N) is 2. The van der Waals surface area contributed by atoms with Crippen LogP contribution < -0.4 is 0 Å². The average Bonchev–Trinajstić information content (AvgIpc) is 3.02. The van der Waals surface area contributed by atoms with Crippen LogP contribution in [-0.2, 0) is 6.54 Å². The second kappa shape index (κ2) is 8.57. The number of benzene rings is 3. The highest BCUT2D eigenvalue weighted by Gasteiger charge is 2.19. The summed E-state index contributed by atoms with van der Waals surface area (Å²) < 4.78 is 14.8. The van der Waals surface area contributed by atoms with Gasteiger partial charge in [0.1, 0.15) is 5.82 Å². The van der Waals surface area contributed by atoms with Crippen LogP contribution in [0.5, 0.6) is 5.88 Å². The highest BCUT2D eigenvalue weighted by molar-refractivity contribution is 14.1. The van der Waals surface area contributed by atoms with Crippen LogP contribution in [0.15, 0.2) is 71.7 Å². The predicted octanol–water partition coefficient (Wildman–Crippen LogP) is 5.85. The van der Waals surface area contributed by atoms with Crippen LogP contribution in [0.1, 0.15) is 16.7 Å². The number of aromatic hydroxyl groups is 1. The van der Waals surface area contributed by atoms with Gasteiger partial charge in [-0.3, -0.25) is 0 Å². The van der Waals surface area contributed by atoms with Gasteiger partial charge >= 0.3 is 0 Å². The summed E-state index contributed by atoms with van der Waals surface area (Å²) in [5.74, 6) is -0.392. The number of nitrogens with one attached hydrogen (secondary N) is 1. The predicted molar refractivity (Wildman–Crippen MR) is 128 cm³/mol. The van der Waals surface area contributed by atoms with Gasteiger partial charge in [0.15, 0.2) is 5.88 Å². The SMILES string of the molecule is CN(C)Cc1ccc(N=C(c2ccc(I)cc2)c2c(O)[nH]c3cc(F)ccc23)cc1. The van der Waals surface area contributed by atoms with E-state index in [1.807, 2.05) is 50.5 Å². The van der Waals surface area contributed by atoms with E-state index in [1.165, 1.54) is 17.7 Å². The number of halogens is 2. The number of rotatable bonds is 5. The Morgan fingerprint density at radius 1 is 1.03 bits per heavy atom. The van der Waals surface area contributed by atoms with E-state index in [4.69, 9.17) is 4.99 Å². The molecule has 0 atom stereocenters. The lowest BCUT2D eigenvalue weighted by molar-refractivity contribution is 0.402. The van der Waals surface area contributed by atoms with Gasteiger partial charge in [-0.15, -0.1) is 0 Å². The van der Waals surface area contributed by atoms with Crippen LogP contribution >= 0.6 is 22.6 Å². The van der Waals surface area contributed by atoms with Crippen molar-refractivity contribution in [2.75, 3.05) is 14.1 Å². The van der Waals surface area contributed by atoms with Crippen molar-refractivity contribution in [1.29, 1.82) is 0 Å². The van der Waals surface area contributed by atoms with Gasteiger partial charge in [0.05, 0.1) is 22.5 Å². The molecule has 0 bridgehead atoms. The van der Waals surface area contributed by atoms with E-state index in [0.29, 0.717) is 16.8 Å². The number of aliphatic imine (C=N–C) groups is 1. The molecule has 0 spiro atoms. The first-order valence-corrected chi connectivity index (χ1v) is 10.6. The van der Waals surface area contributed by atoms with Crippen molar-refractivity contribution in [3.05, 3.63) is 92.8 Å². The molecule has 0 aliphatic heterocycles. The molecule has 30 heavy (non-hydrogen) atoms. The fourth-order valence-electron chi connectivity index (χ4n) is 3.44. The summed E-state index contributed by atoms with van der Waals surface area (Å²) >= 11 is 2.25. The van der Waals surface area contributed by atoms with Gasteiger partial charge in [0, 0.05) is 21.1 Å². The van der Waals surface area contributed by atoms with E-state index in [9.17, 15) is 9.50 Å². The maximum atomic E-state index is 13.7. The molecule has 4 rings (SSSR count). The van der Waals surface area contributed by atoms with Gasteiger partial charge in [-0.1, -0.05) is 24.3 Å². The van der Waals surface area contributed by atoms with E-state index in [2.05, 4.69) is 44.6 Å². The quantitative estimate of drug-likeness (QED) is 0.260. The molecule has 0 aliphatic rings. The van der Waals surface area contributed by atoms with E-state index in [1.54, 1.807) is 6.07 Å². The number of H-pyrrole nitrogens is 1. The Kier molecular flexibility index (Phi) is 5.87. The maximum absolute atomic E-state index is 13.7. The zero-order valence-electron chi connectivity index (χ0n) is 16.7. The first kappa shape index (κ1) is 20.6. The molecular formula is C24H21FIN3O. The van der Waals surface area contributed by atoms with Gasteiger partial charge < -0.3 is 15.0 Å². The summed E-state index contributed by atoms with van der Waals surface area (Å²) in [6.07, 6.45) is 0. The van der Waals surface area contributed by atoms with Crippen molar-refractivity contribution in [3.8, 4) is 5.88 Å². The van der Waals surface area contributed by atoms with Crippen molar-refractivity contribution in [2.45, 2.75) is 6.54 Å². The second-order valence-electron chi connectivity index (χ2n) is 7.41. The van der Waals surface area contributed by atoms with Gasteiger partial charge in [-0.2, -0.15) is 0 Å². The van der Waals surface area contributed by atoms with E-state index >= 15 is 0 Å². The molecule has 0 aliphatic carbocycles. The zero-order valence-corrected chi connectivity index (χ0v) is 18.8. The Balaban J connectivity index is 1.87. The second-order valence-corrected chi connectivity index (χ2v) is 8.66. The van der Waals surface area contributed by atoms with Crippen LogP contribution in [0.25, 0.3) is 10.9 Å². The normalized spacial score (nSPS) is 12.1. The third-order valence-corrected chi connectivity index (χ3v) is 5.49. The van der Waals surface area contributed by atoms with E-state index in [-0.39, 0.29) is 11.7 Å². The van der Waals surface area contributed by atoms with Crippen molar-refractivity contribution in [1.82, 2.24) is 9.88 Å². The van der Waals surface area contributed by atoms with Crippen molar-refractivity contribution >= 4 is 44.9 Å². The maximum Gasteiger partial charge on any atom is 0.199 e. The Morgan fingerprint density at radius 3 is 2.40 bits per heavy atom. The molecule has 0 saturated heterocycles. The van der Waals surface area contributed by atoms with Gasteiger partial charge in [-0.25, -0.2) is 9.38 Å². The molecule has 3 aromatic carbocycles. The molecule has 6 heteroatoms. The highest BCUT2D eigenvalue weighted by Crippen LogP contribution is 2.32. The van der Waals surface area contributed by atoms with Gasteiger partial charge in [0.2, 0.25) is 0 Å². The lowest BCUT2D eigenvalue weighted by atomic mass is 10.0. The molecule has 4 aromatic rings. The third kappa shape index (κ3) is 4.39. The number of aromatic nitrogens is 1. The third-order valence-electron chi connectivity index (χ3n) is 4.77. The molecular weight excluding hydrogens is 492 g/mol. The topological polar surface area (TPSA) is 51.6 Å². The average molecular weight is 513 g/mol. The van der Waals surface area contributed by atoms with Crippen LogP contribution in [0, 0.1) is 9.39 Å². The molecule has 152 valence electrons. The summed E-state index contributed by atoms with van der Waals surface area (Å²) in [6.45, 7) is 0.850. The standard InChI is InChI=1S/C24H21FIN3O/c1-29(2)14-15-3-10-19(11-4-15)27-23(16-5-8-18(26)9-6-16)22-20-12-7-17(25)13-21(20)28-24(22)30/h3-13,28,30H,14H2,1-2H3. The minimum Gasteiger partial charge on any atom is -0.494 e. The van der Waals surface area contributed by atoms with Crippen LogP contribution in [0.4, 0.5) is 10.1 Å². The highest BCUT2D eigenvalue weighted by atomic mass is 127. The largest absolute Gasteiger partial charge is 0.494 e. The molecule has 4 nitrogen and oxygen atoms in total. The Morgan fingerprint density at radius 2 is 1.73 bits per heavy atom. The van der Waals surface area contributed by atoms with Crippen LogP contribution in [0.2, 0.25) is 0 Å². The van der Waals surface area contributed by atoms with Crippen LogP contribution in [-0.4, -0.2) is 34.8 Å². The van der Waals surface area contributed by atoms with Gasteiger partial charge in [0.25, 0.3) is 0 Å². The van der Waals surface area contributed by atoms with Crippen LogP contribution in [0.3, 0.4) is 0 Å².